The smallest absolute Gasteiger partial charge is 0.188 e. The zero-order valence-corrected chi connectivity index (χ0v) is 15.6. The van der Waals surface area contributed by atoms with Crippen molar-refractivity contribution in [3.8, 4) is 18.2 Å². The van der Waals surface area contributed by atoms with Gasteiger partial charge >= 0.3 is 0 Å². The average Bonchev–Trinajstić information content (AvgIpc) is 2.70. The van der Waals surface area contributed by atoms with Crippen LogP contribution in [0.1, 0.15) is 26.7 Å². The fourth-order valence-electron chi connectivity index (χ4n) is 5.30. The third kappa shape index (κ3) is 2.32. The fraction of sp³-hybridized carbons (Fsp3) is 0.700. The zero-order valence-electron chi connectivity index (χ0n) is 15.6. The van der Waals surface area contributed by atoms with Crippen LogP contribution in [0, 0.1) is 62.1 Å². The Hall–Kier alpha value is -2.20. The molecule has 1 saturated heterocycles. The van der Waals surface area contributed by atoms with Crippen LogP contribution >= 0.6 is 0 Å². The molecule has 136 valence electrons. The van der Waals surface area contributed by atoms with Crippen molar-refractivity contribution >= 4 is 5.71 Å². The van der Waals surface area contributed by atoms with E-state index in [0.717, 1.165) is 57.7 Å². The SMILES string of the molecule is CCN1CCC2(CC1)[C@H]1CN(CC)CC=C1[C@H](C#N)C(=N)C2(C#N)C#N. The summed E-state index contributed by atoms with van der Waals surface area (Å²) in [6.07, 6.45) is 3.54. The first-order chi connectivity index (χ1) is 12.5. The molecule has 1 saturated carbocycles. The predicted molar refractivity (Wildman–Crippen MR) is 98.0 cm³/mol. The van der Waals surface area contributed by atoms with Crippen molar-refractivity contribution in [2.24, 2.45) is 22.7 Å². The lowest BCUT2D eigenvalue weighted by Gasteiger charge is -2.58. The van der Waals surface area contributed by atoms with E-state index in [1.165, 1.54) is 0 Å². The molecular formula is C20H26N6. The molecule has 1 N–H and O–H groups in total. The predicted octanol–water partition coefficient (Wildman–Crippen LogP) is 2.17. The van der Waals surface area contributed by atoms with Gasteiger partial charge in [-0.1, -0.05) is 19.9 Å². The van der Waals surface area contributed by atoms with Crippen molar-refractivity contribution in [3.05, 3.63) is 11.6 Å². The number of nitrogens with zero attached hydrogens (tertiary/aromatic N) is 5. The van der Waals surface area contributed by atoms with Crippen LogP contribution in [-0.4, -0.2) is 54.8 Å². The van der Waals surface area contributed by atoms with Crippen LogP contribution in [0.15, 0.2) is 11.6 Å². The molecule has 1 aliphatic carbocycles. The minimum atomic E-state index is -1.51. The Morgan fingerprint density at radius 3 is 2.23 bits per heavy atom. The largest absolute Gasteiger partial charge is 0.305 e. The normalized spacial score (nSPS) is 30.6. The van der Waals surface area contributed by atoms with E-state index in [9.17, 15) is 15.8 Å². The van der Waals surface area contributed by atoms with Crippen LogP contribution in [0.25, 0.3) is 0 Å². The summed E-state index contributed by atoms with van der Waals surface area (Å²) in [5, 5.41) is 38.7. The summed E-state index contributed by atoms with van der Waals surface area (Å²) >= 11 is 0. The first-order valence-electron chi connectivity index (χ1n) is 9.49. The van der Waals surface area contributed by atoms with Gasteiger partial charge in [0.15, 0.2) is 5.41 Å². The van der Waals surface area contributed by atoms with Crippen LogP contribution in [-0.2, 0) is 0 Å². The Morgan fingerprint density at radius 1 is 1.12 bits per heavy atom. The van der Waals surface area contributed by atoms with Gasteiger partial charge in [0.2, 0.25) is 0 Å². The highest BCUT2D eigenvalue weighted by Gasteiger charge is 2.66. The van der Waals surface area contributed by atoms with Gasteiger partial charge in [0.1, 0.15) is 5.92 Å². The molecule has 0 aromatic carbocycles. The van der Waals surface area contributed by atoms with Gasteiger partial charge in [0.25, 0.3) is 0 Å². The second-order valence-electron chi connectivity index (χ2n) is 7.65. The molecule has 2 atom stereocenters. The zero-order chi connectivity index (χ0) is 18.9. The van der Waals surface area contributed by atoms with Crippen molar-refractivity contribution in [1.29, 1.82) is 21.2 Å². The maximum absolute atomic E-state index is 10.1. The average molecular weight is 350 g/mol. The van der Waals surface area contributed by atoms with E-state index >= 15 is 0 Å². The molecule has 2 aliphatic heterocycles. The summed E-state index contributed by atoms with van der Waals surface area (Å²) in [4.78, 5) is 4.65. The number of rotatable bonds is 2. The Bertz CT molecular complexity index is 724. The molecule has 2 heterocycles. The van der Waals surface area contributed by atoms with Crippen molar-refractivity contribution in [2.45, 2.75) is 26.7 Å². The van der Waals surface area contributed by atoms with Crippen molar-refractivity contribution in [2.75, 3.05) is 39.3 Å². The van der Waals surface area contributed by atoms with Crippen LogP contribution in [0.4, 0.5) is 0 Å². The number of hydrogen-bond donors (Lipinski definition) is 1. The van der Waals surface area contributed by atoms with E-state index in [2.05, 4.69) is 47.9 Å². The van der Waals surface area contributed by atoms with Gasteiger partial charge in [-0.25, -0.2) is 0 Å². The van der Waals surface area contributed by atoms with Gasteiger partial charge in [-0.2, -0.15) is 15.8 Å². The second-order valence-corrected chi connectivity index (χ2v) is 7.65. The summed E-state index contributed by atoms with van der Waals surface area (Å²) < 4.78 is 0. The highest BCUT2D eigenvalue weighted by molar-refractivity contribution is 6.00. The lowest BCUT2D eigenvalue weighted by Crippen LogP contribution is -2.63. The number of piperidine rings is 1. The molecule has 0 bridgehead atoms. The molecule has 6 heteroatoms. The third-order valence-electron chi connectivity index (χ3n) is 6.98. The first-order valence-corrected chi connectivity index (χ1v) is 9.49. The molecule has 1 spiro atoms. The fourth-order valence-corrected chi connectivity index (χ4v) is 5.30. The van der Waals surface area contributed by atoms with E-state index in [4.69, 9.17) is 5.41 Å². The molecule has 0 amide bonds. The van der Waals surface area contributed by atoms with E-state index in [1.807, 2.05) is 0 Å². The minimum Gasteiger partial charge on any atom is -0.305 e. The second kappa shape index (κ2) is 6.84. The molecule has 3 aliphatic rings. The highest BCUT2D eigenvalue weighted by atomic mass is 15.1. The number of likely N-dealkylation sites (N-methyl/N-ethyl adjacent to an activating group) is 1. The topological polar surface area (TPSA) is 102 Å². The molecule has 0 aromatic rings. The summed E-state index contributed by atoms with van der Waals surface area (Å²) in [6, 6.07) is 6.71. The monoisotopic (exact) mass is 350 g/mol. The quantitative estimate of drug-likeness (QED) is 0.769. The van der Waals surface area contributed by atoms with Gasteiger partial charge in [-0.3, -0.25) is 4.90 Å². The Morgan fingerprint density at radius 2 is 1.73 bits per heavy atom. The summed E-state index contributed by atoms with van der Waals surface area (Å²) in [6.45, 7) is 9.30. The molecule has 0 aromatic heterocycles. The van der Waals surface area contributed by atoms with E-state index in [-0.39, 0.29) is 11.6 Å². The summed E-state index contributed by atoms with van der Waals surface area (Å²) in [5.74, 6) is -0.749. The Kier molecular flexibility index (Phi) is 4.89. The molecule has 3 rings (SSSR count). The lowest BCUT2D eigenvalue weighted by atomic mass is 9.44. The Balaban J connectivity index is 2.17. The molecule has 0 unspecified atom stereocenters. The standard InChI is InChI=1S/C20H26N6/c1-3-25-9-6-19(7-10-25)17-12-26(4-2)8-5-15(17)16(11-21)18(24)20(19,13-22)14-23/h5,16-17,24H,3-4,6-10,12H2,1-2H3/t16-,17-/m0/s1. The van der Waals surface area contributed by atoms with Gasteiger partial charge in [0, 0.05) is 24.4 Å². The Labute approximate surface area is 155 Å². The van der Waals surface area contributed by atoms with Crippen molar-refractivity contribution < 1.29 is 0 Å². The van der Waals surface area contributed by atoms with Crippen molar-refractivity contribution in [1.82, 2.24) is 9.80 Å². The number of fused-ring (bicyclic) bond motifs is 2. The van der Waals surface area contributed by atoms with Crippen LogP contribution in [0.3, 0.4) is 0 Å². The lowest BCUT2D eigenvalue weighted by molar-refractivity contribution is -0.00372. The van der Waals surface area contributed by atoms with Crippen molar-refractivity contribution in [3.63, 3.8) is 0 Å². The van der Waals surface area contributed by atoms with E-state index in [1.54, 1.807) is 0 Å². The maximum atomic E-state index is 10.1. The summed E-state index contributed by atoms with van der Waals surface area (Å²) in [7, 11) is 0. The number of nitrogens with one attached hydrogen (secondary N) is 1. The number of hydrogen-bond acceptors (Lipinski definition) is 6. The van der Waals surface area contributed by atoms with E-state index in [0.29, 0.717) is 0 Å². The number of nitriles is 3. The number of likely N-dealkylation sites (tertiary alicyclic amines) is 1. The van der Waals surface area contributed by atoms with Crippen LogP contribution in [0.5, 0.6) is 0 Å². The van der Waals surface area contributed by atoms with Gasteiger partial charge in [-0.15, -0.1) is 0 Å². The molecular weight excluding hydrogens is 324 g/mol. The molecule has 26 heavy (non-hydrogen) atoms. The summed E-state index contributed by atoms with van der Waals surface area (Å²) in [5.41, 5.74) is -1.10. The minimum absolute atomic E-state index is 0.00222. The molecule has 0 radical (unpaired) electrons. The first kappa shape index (κ1) is 18.6. The van der Waals surface area contributed by atoms with Gasteiger partial charge in [0.05, 0.1) is 23.9 Å². The molecule has 2 fully saturated rings. The third-order valence-corrected chi connectivity index (χ3v) is 6.98. The molecule has 6 nitrogen and oxygen atoms in total. The van der Waals surface area contributed by atoms with Gasteiger partial charge < -0.3 is 10.3 Å². The van der Waals surface area contributed by atoms with Gasteiger partial charge in [-0.05, 0) is 44.6 Å². The maximum Gasteiger partial charge on any atom is 0.188 e. The van der Waals surface area contributed by atoms with E-state index < -0.39 is 16.7 Å². The van der Waals surface area contributed by atoms with Crippen LogP contribution in [0.2, 0.25) is 0 Å². The van der Waals surface area contributed by atoms with Crippen LogP contribution < -0.4 is 0 Å². The highest BCUT2D eigenvalue weighted by Crippen LogP contribution is 2.61.